The van der Waals surface area contributed by atoms with Gasteiger partial charge in [-0.05, 0) is 47.1 Å². The van der Waals surface area contributed by atoms with Gasteiger partial charge in [-0.25, -0.2) is 5.43 Å². The fraction of sp³-hybridized carbons (Fsp3) is 0.125. The Morgan fingerprint density at radius 1 is 1.27 bits per heavy atom. The normalized spacial score (nSPS) is 10.7. The zero-order valence-corrected chi connectivity index (χ0v) is 15.0. The van der Waals surface area contributed by atoms with Gasteiger partial charge >= 0.3 is 0 Å². The second kappa shape index (κ2) is 8.10. The van der Waals surface area contributed by atoms with Crippen LogP contribution in [0.1, 0.15) is 22.8 Å². The van der Waals surface area contributed by atoms with E-state index in [9.17, 15) is 4.79 Å². The van der Waals surface area contributed by atoms with E-state index in [0.717, 1.165) is 14.5 Å². The van der Waals surface area contributed by atoms with Gasteiger partial charge in [-0.1, -0.05) is 34.1 Å². The van der Waals surface area contributed by atoms with Crippen LogP contribution >= 0.6 is 31.9 Å². The topological polar surface area (TPSA) is 50.7 Å². The van der Waals surface area contributed by atoms with Crippen molar-refractivity contribution >= 4 is 44.0 Å². The Bertz CT molecular complexity index is 688. The molecule has 0 aliphatic carbocycles. The largest absolute Gasteiger partial charge is 0.492 e. The molecule has 1 amide bonds. The van der Waals surface area contributed by atoms with Crippen molar-refractivity contribution < 1.29 is 9.53 Å². The first-order chi connectivity index (χ1) is 10.6. The van der Waals surface area contributed by atoms with Crippen LogP contribution in [-0.4, -0.2) is 18.7 Å². The molecule has 0 aliphatic rings. The molecule has 2 aromatic rings. The van der Waals surface area contributed by atoms with E-state index in [4.69, 9.17) is 4.74 Å². The highest BCUT2D eigenvalue weighted by atomic mass is 79.9. The number of hydrogen-bond acceptors (Lipinski definition) is 3. The highest BCUT2D eigenvalue weighted by Crippen LogP contribution is 2.32. The van der Waals surface area contributed by atoms with E-state index in [1.54, 1.807) is 30.5 Å². The van der Waals surface area contributed by atoms with E-state index in [0.29, 0.717) is 17.9 Å². The average molecular weight is 426 g/mol. The van der Waals surface area contributed by atoms with Crippen molar-refractivity contribution in [3.8, 4) is 5.75 Å². The molecule has 0 radical (unpaired) electrons. The molecule has 2 aromatic carbocycles. The third-order valence-corrected chi connectivity index (χ3v) is 3.78. The monoisotopic (exact) mass is 424 g/mol. The summed E-state index contributed by atoms with van der Waals surface area (Å²) in [4.78, 5) is 11.9. The molecular weight excluding hydrogens is 412 g/mol. The van der Waals surface area contributed by atoms with Gasteiger partial charge in [0.25, 0.3) is 5.91 Å². The van der Waals surface area contributed by atoms with Gasteiger partial charge in [0.1, 0.15) is 5.75 Å². The number of ether oxygens (including phenoxy) is 1. The lowest BCUT2D eigenvalue weighted by Gasteiger charge is -2.10. The van der Waals surface area contributed by atoms with Crippen LogP contribution in [0.5, 0.6) is 5.75 Å². The molecule has 4 nitrogen and oxygen atoms in total. The predicted molar refractivity (Wildman–Crippen MR) is 94.5 cm³/mol. The van der Waals surface area contributed by atoms with Crippen LogP contribution in [0.15, 0.2) is 56.5 Å². The SMILES string of the molecule is CCOc1c(Br)cc(Br)cc1/C=N\NC(=O)c1ccccc1. The Kier molecular flexibility index (Phi) is 6.15. The second-order valence-corrected chi connectivity index (χ2v) is 6.07. The number of hydrazone groups is 1. The summed E-state index contributed by atoms with van der Waals surface area (Å²) < 4.78 is 7.30. The van der Waals surface area contributed by atoms with Gasteiger partial charge in [-0.3, -0.25) is 4.79 Å². The molecule has 0 fully saturated rings. The number of amides is 1. The molecule has 0 saturated carbocycles. The van der Waals surface area contributed by atoms with E-state index < -0.39 is 0 Å². The molecular formula is C16H14Br2N2O2. The molecule has 0 aromatic heterocycles. The number of benzene rings is 2. The summed E-state index contributed by atoms with van der Waals surface area (Å²) in [5.74, 6) is 0.423. The first-order valence-electron chi connectivity index (χ1n) is 6.62. The quantitative estimate of drug-likeness (QED) is 0.571. The van der Waals surface area contributed by atoms with Crippen molar-refractivity contribution in [1.82, 2.24) is 5.43 Å². The molecule has 0 unspecified atom stereocenters. The number of carbonyl (C=O) groups excluding carboxylic acids is 1. The van der Waals surface area contributed by atoms with Crippen molar-refractivity contribution in [2.45, 2.75) is 6.92 Å². The number of hydrogen-bond donors (Lipinski definition) is 1. The smallest absolute Gasteiger partial charge is 0.271 e. The van der Waals surface area contributed by atoms with Crippen LogP contribution in [0.4, 0.5) is 0 Å². The standard InChI is InChI=1S/C16H14Br2N2O2/c1-2-22-15-12(8-13(17)9-14(15)18)10-19-20-16(21)11-6-4-3-5-7-11/h3-10H,2H2,1H3,(H,20,21)/b19-10-. The highest BCUT2D eigenvalue weighted by molar-refractivity contribution is 9.11. The summed E-state index contributed by atoms with van der Waals surface area (Å²) in [6.07, 6.45) is 1.56. The van der Waals surface area contributed by atoms with Gasteiger partial charge in [-0.15, -0.1) is 0 Å². The maximum atomic E-state index is 11.9. The van der Waals surface area contributed by atoms with Crippen LogP contribution in [0.2, 0.25) is 0 Å². The van der Waals surface area contributed by atoms with Crippen LogP contribution < -0.4 is 10.2 Å². The minimum atomic E-state index is -0.260. The summed E-state index contributed by atoms with van der Waals surface area (Å²) in [5, 5.41) is 4.00. The van der Waals surface area contributed by atoms with Crippen LogP contribution in [0.3, 0.4) is 0 Å². The number of halogens is 2. The van der Waals surface area contributed by atoms with Crippen molar-refractivity contribution in [2.75, 3.05) is 6.61 Å². The Labute approximate surface area is 145 Å². The molecule has 1 N–H and O–H groups in total. The lowest BCUT2D eigenvalue weighted by atomic mass is 10.2. The Morgan fingerprint density at radius 3 is 2.68 bits per heavy atom. The van der Waals surface area contributed by atoms with Gasteiger partial charge in [0.2, 0.25) is 0 Å². The van der Waals surface area contributed by atoms with E-state index in [1.165, 1.54) is 0 Å². The molecule has 0 heterocycles. The van der Waals surface area contributed by atoms with Gasteiger partial charge in [-0.2, -0.15) is 5.10 Å². The molecule has 0 aliphatic heterocycles. The maximum Gasteiger partial charge on any atom is 0.271 e. The maximum absolute atomic E-state index is 11.9. The zero-order chi connectivity index (χ0) is 15.9. The van der Waals surface area contributed by atoms with E-state index in [2.05, 4.69) is 42.4 Å². The van der Waals surface area contributed by atoms with Crippen molar-refractivity contribution in [1.29, 1.82) is 0 Å². The Balaban J connectivity index is 2.14. The Hall–Kier alpha value is -1.66. The molecule has 0 saturated heterocycles. The lowest BCUT2D eigenvalue weighted by molar-refractivity contribution is 0.0955. The number of carbonyl (C=O) groups is 1. The molecule has 0 spiro atoms. The summed E-state index contributed by atoms with van der Waals surface area (Å²) in [6.45, 7) is 2.45. The van der Waals surface area contributed by atoms with Crippen molar-refractivity contribution in [3.05, 3.63) is 62.5 Å². The van der Waals surface area contributed by atoms with E-state index in [-0.39, 0.29) is 5.91 Å². The predicted octanol–water partition coefficient (Wildman–Crippen LogP) is 4.37. The van der Waals surface area contributed by atoms with Crippen LogP contribution in [0, 0.1) is 0 Å². The van der Waals surface area contributed by atoms with Gasteiger partial charge in [0.15, 0.2) is 0 Å². The first-order valence-corrected chi connectivity index (χ1v) is 8.20. The number of rotatable bonds is 5. The first kappa shape index (κ1) is 16.7. The average Bonchev–Trinajstić information content (AvgIpc) is 2.51. The summed E-state index contributed by atoms with van der Waals surface area (Å²) in [5.41, 5.74) is 3.82. The number of nitrogens with one attached hydrogen (secondary N) is 1. The van der Waals surface area contributed by atoms with E-state index >= 15 is 0 Å². The van der Waals surface area contributed by atoms with E-state index in [1.807, 2.05) is 25.1 Å². The van der Waals surface area contributed by atoms with Crippen molar-refractivity contribution in [2.24, 2.45) is 5.10 Å². The van der Waals surface area contributed by atoms with Gasteiger partial charge < -0.3 is 4.74 Å². The van der Waals surface area contributed by atoms with Gasteiger partial charge in [0, 0.05) is 15.6 Å². The molecule has 0 bridgehead atoms. The fourth-order valence-electron chi connectivity index (χ4n) is 1.79. The lowest BCUT2D eigenvalue weighted by Crippen LogP contribution is -2.17. The van der Waals surface area contributed by atoms with Crippen LogP contribution in [0.25, 0.3) is 0 Å². The minimum Gasteiger partial charge on any atom is -0.492 e. The molecule has 0 atom stereocenters. The summed E-state index contributed by atoms with van der Waals surface area (Å²) in [7, 11) is 0. The Morgan fingerprint density at radius 2 is 2.00 bits per heavy atom. The molecule has 114 valence electrons. The van der Waals surface area contributed by atoms with Gasteiger partial charge in [0.05, 0.1) is 17.3 Å². The molecule has 6 heteroatoms. The summed E-state index contributed by atoms with van der Waals surface area (Å²) in [6, 6.07) is 12.7. The third kappa shape index (κ3) is 4.42. The van der Waals surface area contributed by atoms with Crippen LogP contribution in [-0.2, 0) is 0 Å². The fourth-order valence-corrected chi connectivity index (χ4v) is 3.16. The number of nitrogens with zero attached hydrogens (tertiary/aromatic N) is 1. The summed E-state index contributed by atoms with van der Waals surface area (Å²) >= 11 is 6.87. The third-order valence-electron chi connectivity index (χ3n) is 2.73. The zero-order valence-electron chi connectivity index (χ0n) is 11.8. The molecule has 2 rings (SSSR count). The second-order valence-electron chi connectivity index (χ2n) is 4.30. The minimum absolute atomic E-state index is 0.260. The molecule has 22 heavy (non-hydrogen) atoms. The highest BCUT2D eigenvalue weighted by Gasteiger charge is 2.09. The van der Waals surface area contributed by atoms with Crippen molar-refractivity contribution in [3.63, 3.8) is 0 Å².